The molecule has 1 fully saturated rings. The van der Waals surface area contributed by atoms with E-state index in [0.717, 1.165) is 6.42 Å². The van der Waals surface area contributed by atoms with Gasteiger partial charge in [-0.15, -0.1) is 11.3 Å². The molecule has 0 radical (unpaired) electrons. The highest BCUT2D eigenvalue weighted by molar-refractivity contribution is 7.12. The van der Waals surface area contributed by atoms with E-state index in [2.05, 4.69) is 51.8 Å². The van der Waals surface area contributed by atoms with Gasteiger partial charge in [0.15, 0.2) is 0 Å². The van der Waals surface area contributed by atoms with E-state index in [4.69, 9.17) is 5.73 Å². The lowest BCUT2D eigenvalue weighted by Gasteiger charge is -2.43. The molecule has 1 aliphatic carbocycles. The van der Waals surface area contributed by atoms with E-state index in [1.54, 1.807) is 0 Å². The minimum atomic E-state index is 0.225. The number of thiophene rings is 1. The molecule has 0 aliphatic heterocycles. The Balaban J connectivity index is 2.13. The van der Waals surface area contributed by atoms with Gasteiger partial charge >= 0.3 is 0 Å². The summed E-state index contributed by atoms with van der Waals surface area (Å²) < 4.78 is 0. The predicted molar refractivity (Wildman–Crippen MR) is 93.9 cm³/mol. The SMILES string of the molecule is CCC(N)C(c1ccc(C)s1)N(C)C1CCC(C)(C)CC1. The smallest absolute Gasteiger partial charge is 0.0593 e. The van der Waals surface area contributed by atoms with Gasteiger partial charge in [0.1, 0.15) is 0 Å². The molecule has 120 valence electrons. The lowest BCUT2D eigenvalue weighted by molar-refractivity contribution is 0.0840. The molecule has 21 heavy (non-hydrogen) atoms. The summed E-state index contributed by atoms with van der Waals surface area (Å²) in [4.78, 5) is 5.40. The van der Waals surface area contributed by atoms with Crippen LogP contribution in [-0.4, -0.2) is 24.0 Å². The first-order chi connectivity index (χ1) is 9.84. The largest absolute Gasteiger partial charge is 0.326 e. The average Bonchev–Trinajstić information content (AvgIpc) is 2.84. The molecule has 1 aromatic heterocycles. The Morgan fingerprint density at radius 3 is 2.43 bits per heavy atom. The quantitative estimate of drug-likeness (QED) is 0.851. The van der Waals surface area contributed by atoms with Crippen LogP contribution < -0.4 is 5.73 Å². The van der Waals surface area contributed by atoms with E-state index < -0.39 is 0 Å². The number of rotatable bonds is 5. The fourth-order valence-electron chi connectivity index (χ4n) is 3.57. The zero-order valence-electron chi connectivity index (χ0n) is 14.4. The molecule has 0 saturated heterocycles. The summed E-state index contributed by atoms with van der Waals surface area (Å²) in [6.45, 7) is 9.20. The van der Waals surface area contributed by atoms with E-state index in [1.807, 2.05) is 11.3 Å². The maximum Gasteiger partial charge on any atom is 0.0593 e. The fraction of sp³-hybridized carbons (Fsp3) is 0.778. The first kappa shape index (κ1) is 17.0. The Morgan fingerprint density at radius 2 is 1.95 bits per heavy atom. The van der Waals surface area contributed by atoms with E-state index in [-0.39, 0.29) is 6.04 Å². The standard InChI is InChI=1S/C18H32N2S/c1-6-15(19)17(16-8-7-13(2)21-16)20(5)14-9-11-18(3,4)12-10-14/h7-8,14-15,17H,6,9-12,19H2,1-5H3. The number of hydrogen-bond donors (Lipinski definition) is 1. The van der Waals surface area contributed by atoms with Gasteiger partial charge < -0.3 is 5.73 Å². The van der Waals surface area contributed by atoms with Gasteiger partial charge in [-0.05, 0) is 63.6 Å². The summed E-state index contributed by atoms with van der Waals surface area (Å²) in [5, 5.41) is 0. The van der Waals surface area contributed by atoms with E-state index in [9.17, 15) is 0 Å². The van der Waals surface area contributed by atoms with Crippen molar-refractivity contribution in [2.75, 3.05) is 7.05 Å². The maximum absolute atomic E-state index is 6.48. The Labute approximate surface area is 134 Å². The topological polar surface area (TPSA) is 29.3 Å². The molecule has 2 unspecified atom stereocenters. The number of nitrogens with two attached hydrogens (primary N) is 1. The fourth-order valence-corrected chi connectivity index (χ4v) is 4.67. The van der Waals surface area contributed by atoms with Gasteiger partial charge in [0.25, 0.3) is 0 Å². The van der Waals surface area contributed by atoms with Crippen LogP contribution in [0.5, 0.6) is 0 Å². The Kier molecular flexibility index (Phi) is 5.50. The highest BCUT2D eigenvalue weighted by Crippen LogP contribution is 2.40. The van der Waals surface area contributed by atoms with Gasteiger partial charge in [-0.3, -0.25) is 4.90 Å². The second-order valence-corrected chi connectivity index (χ2v) is 8.85. The van der Waals surface area contributed by atoms with Crippen molar-refractivity contribution in [3.8, 4) is 0 Å². The van der Waals surface area contributed by atoms with Crippen molar-refractivity contribution in [3.05, 3.63) is 21.9 Å². The van der Waals surface area contributed by atoms with Crippen molar-refractivity contribution in [2.24, 2.45) is 11.1 Å². The van der Waals surface area contributed by atoms with Crippen LogP contribution in [0.2, 0.25) is 0 Å². The van der Waals surface area contributed by atoms with Gasteiger partial charge in [-0.1, -0.05) is 20.8 Å². The lowest BCUT2D eigenvalue weighted by Crippen LogP contribution is -2.45. The van der Waals surface area contributed by atoms with Crippen LogP contribution in [0.1, 0.15) is 68.7 Å². The van der Waals surface area contributed by atoms with E-state index >= 15 is 0 Å². The van der Waals surface area contributed by atoms with Gasteiger partial charge in [-0.25, -0.2) is 0 Å². The molecule has 1 aliphatic rings. The number of aryl methyl sites for hydroxylation is 1. The minimum absolute atomic E-state index is 0.225. The molecular formula is C18H32N2S. The Bertz CT molecular complexity index is 442. The second-order valence-electron chi connectivity index (χ2n) is 7.53. The number of hydrogen-bond acceptors (Lipinski definition) is 3. The lowest BCUT2D eigenvalue weighted by atomic mass is 9.75. The number of likely N-dealkylation sites (N-methyl/N-ethyl adjacent to an activating group) is 1. The predicted octanol–water partition coefficient (Wildman–Crippen LogP) is 4.74. The first-order valence-electron chi connectivity index (χ1n) is 8.38. The van der Waals surface area contributed by atoms with Gasteiger partial charge in [0, 0.05) is 21.8 Å². The number of nitrogens with zero attached hydrogens (tertiary/aromatic N) is 1. The molecule has 2 rings (SSSR count). The van der Waals surface area contributed by atoms with Crippen LogP contribution in [-0.2, 0) is 0 Å². The Hall–Kier alpha value is -0.380. The Morgan fingerprint density at radius 1 is 1.33 bits per heavy atom. The molecule has 2 nitrogen and oxygen atoms in total. The molecule has 1 aromatic rings. The van der Waals surface area contributed by atoms with Gasteiger partial charge in [-0.2, -0.15) is 0 Å². The van der Waals surface area contributed by atoms with E-state index in [0.29, 0.717) is 17.5 Å². The molecule has 2 N–H and O–H groups in total. The van der Waals surface area contributed by atoms with Crippen LogP contribution in [0.3, 0.4) is 0 Å². The van der Waals surface area contributed by atoms with Crippen molar-refractivity contribution in [1.82, 2.24) is 4.90 Å². The summed E-state index contributed by atoms with van der Waals surface area (Å²) in [6, 6.07) is 5.79. The maximum atomic E-state index is 6.48. The highest BCUT2D eigenvalue weighted by Gasteiger charge is 2.34. The van der Waals surface area contributed by atoms with Gasteiger partial charge in [0.2, 0.25) is 0 Å². The van der Waals surface area contributed by atoms with Crippen molar-refractivity contribution >= 4 is 11.3 Å². The summed E-state index contributed by atoms with van der Waals surface area (Å²) in [5.41, 5.74) is 7.01. The molecule has 2 atom stereocenters. The summed E-state index contributed by atoms with van der Waals surface area (Å²) >= 11 is 1.91. The van der Waals surface area contributed by atoms with Crippen molar-refractivity contribution < 1.29 is 0 Å². The van der Waals surface area contributed by atoms with Crippen LogP contribution >= 0.6 is 11.3 Å². The van der Waals surface area contributed by atoms with Crippen LogP contribution in [0.15, 0.2) is 12.1 Å². The average molecular weight is 309 g/mol. The zero-order chi connectivity index (χ0) is 15.6. The molecule has 0 spiro atoms. The molecule has 3 heteroatoms. The normalized spacial score (nSPS) is 22.4. The third-order valence-electron chi connectivity index (χ3n) is 5.25. The summed E-state index contributed by atoms with van der Waals surface area (Å²) in [6.07, 6.45) is 6.31. The minimum Gasteiger partial charge on any atom is -0.326 e. The highest BCUT2D eigenvalue weighted by atomic mass is 32.1. The third-order valence-corrected chi connectivity index (χ3v) is 6.32. The first-order valence-corrected chi connectivity index (χ1v) is 9.19. The van der Waals surface area contributed by atoms with Crippen molar-refractivity contribution in [1.29, 1.82) is 0 Å². The molecule has 0 bridgehead atoms. The molecule has 1 heterocycles. The third kappa shape index (κ3) is 4.08. The van der Waals surface area contributed by atoms with Crippen molar-refractivity contribution in [2.45, 2.75) is 77.9 Å². The van der Waals surface area contributed by atoms with Crippen LogP contribution in [0, 0.1) is 12.3 Å². The van der Waals surface area contributed by atoms with Gasteiger partial charge in [0.05, 0.1) is 6.04 Å². The molecule has 1 saturated carbocycles. The van der Waals surface area contributed by atoms with E-state index in [1.165, 1.54) is 35.4 Å². The monoisotopic (exact) mass is 308 g/mol. The summed E-state index contributed by atoms with van der Waals surface area (Å²) in [7, 11) is 2.29. The summed E-state index contributed by atoms with van der Waals surface area (Å²) in [5.74, 6) is 0. The van der Waals surface area contributed by atoms with Crippen molar-refractivity contribution in [3.63, 3.8) is 0 Å². The second kappa shape index (κ2) is 6.80. The zero-order valence-corrected chi connectivity index (χ0v) is 15.2. The van der Waals surface area contributed by atoms with Crippen LogP contribution in [0.25, 0.3) is 0 Å². The molecule has 0 amide bonds. The molecule has 0 aromatic carbocycles. The molecular weight excluding hydrogens is 276 g/mol. The van der Waals surface area contributed by atoms with Crippen LogP contribution in [0.4, 0.5) is 0 Å².